The predicted octanol–water partition coefficient (Wildman–Crippen LogP) is 3.64. The molecule has 0 saturated carbocycles. The molecule has 1 unspecified atom stereocenters. The molecule has 0 fully saturated rings. The van der Waals surface area contributed by atoms with Gasteiger partial charge in [-0.15, -0.1) is 0 Å². The first-order valence-corrected chi connectivity index (χ1v) is 7.34. The number of nitrogens with one attached hydrogen (secondary N) is 2. The molecule has 0 saturated heterocycles. The summed E-state index contributed by atoms with van der Waals surface area (Å²) in [7, 11) is 0. The van der Waals surface area contributed by atoms with Gasteiger partial charge in [0.2, 0.25) is 0 Å². The number of hydrogen-bond acceptors (Lipinski definition) is 3. The molecule has 3 nitrogen and oxygen atoms in total. The smallest absolute Gasteiger partial charge is 0.0352 e. The fourth-order valence-corrected chi connectivity index (χ4v) is 2.20. The molecule has 1 aromatic carbocycles. The third-order valence-corrected chi connectivity index (χ3v) is 3.56. The summed E-state index contributed by atoms with van der Waals surface area (Å²) in [6.45, 7) is 15.8. The quantitative estimate of drug-likeness (QED) is 0.526. The van der Waals surface area contributed by atoms with Gasteiger partial charge in [-0.2, -0.15) is 0 Å². The molecule has 1 rings (SSSR count). The van der Waals surface area contributed by atoms with Crippen molar-refractivity contribution in [2.24, 2.45) is 5.92 Å². The second-order valence-corrected chi connectivity index (χ2v) is 6.17. The number of anilines is 1. The molecule has 0 amide bonds. The summed E-state index contributed by atoms with van der Waals surface area (Å²) >= 11 is 0. The Morgan fingerprint density at radius 2 is 1.80 bits per heavy atom. The number of rotatable bonds is 7. The van der Waals surface area contributed by atoms with Crippen LogP contribution in [-0.4, -0.2) is 6.54 Å². The molecule has 20 heavy (non-hydrogen) atoms. The zero-order valence-corrected chi connectivity index (χ0v) is 13.5. The van der Waals surface area contributed by atoms with Crippen LogP contribution in [0.3, 0.4) is 0 Å². The van der Waals surface area contributed by atoms with Crippen molar-refractivity contribution < 1.29 is 0 Å². The first kappa shape index (κ1) is 16.6. The largest absolute Gasteiger partial charge is 0.398 e. The van der Waals surface area contributed by atoms with Crippen LogP contribution in [0.15, 0.2) is 24.4 Å². The molecular weight excluding hydrogens is 246 g/mol. The molecule has 1 aromatic rings. The van der Waals surface area contributed by atoms with Gasteiger partial charge < -0.3 is 11.2 Å². The highest BCUT2D eigenvalue weighted by atomic mass is 15.4. The van der Waals surface area contributed by atoms with Crippen molar-refractivity contribution in [3.8, 4) is 0 Å². The fraction of sp³-hybridized carbons (Fsp3) is 0.529. The summed E-state index contributed by atoms with van der Waals surface area (Å²) in [4.78, 5) is 0. The van der Waals surface area contributed by atoms with Crippen LogP contribution in [0.4, 0.5) is 5.69 Å². The van der Waals surface area contributed by atoms with E-state index in [0.717, 1.165) is 24.4 Å². The second kappa shape index (κ2) is 7.34. The lowest BCUT2D eigenvalue weighted by atomic mass is 9.92. The maximum absolute atomic E-state index is 6.14. The topological polar surface area (TPSA) is 50.1 Å². The zero-order chi connectivity index (χ0) is 15.3. The highest BCUT2D eigenvalue weighted by Gasteiger charge is 2.12. The number of benzene rings is 1. The Labute approximate surface area is 123 Å². The minimum Gasteiger partial charge on any atom is -0.398 e. The van der Waals surface area contributed by atoms with Gasteiger partial charge in [-0.05, 0) is 54.9 Å². The van der Waals surface area contributed by atoms with E-state index in [2.05, 4.69) is 64.2 Å². The normalized spacial score (nSPS) is 12.5. The van der Waals surface area contributed by atoms with Crippen molar-refractivity contribution >= 4 is 5.69 Å². The maximum atomic E-state index is 6.14. The van der Waals surface area contributed by atoms with Gasteiger partial charge in [-0.25, -0.2) is 5.43 Å². The Kier molecular flexibility index (Phi) is 6.08. The van der Waals surface area contributed by atoms with E-state index in [1.807, 2.05) is 0 Å². The lowest BCUT2D eigenvalue weighted by Crippen LogP contribution is -2.34. The molecule has 3 heteroatoms. The molecule has 0 heterocycles. The van der Waals surface area contributed by atoms with Crippen LogP contribution in [0.5, 0.6) is 0 Å². The molecular formula is C17H29N3. The van der Waals surface area contributed by atoms with Crippen LogP contribution in [0.2, 0.25) is 0 Å². The molecule has 0 aliphatic heterocycles. The third kappa shape index (κ3) is 4.89. The van der Waals surface area contributed by atoms with E-state index in [4.69, 9.17) is 5.73 Å². The summed E-state index contributed by atoms with van der Waals surface area (Å²) in [6, 6.07) is 4.26. The Hall–Kier alpha value is -1.48. The number of nitrogens with two attached hydrogens (primary N) is 1. The number of allylic oxidation sites excluding steroid dienone is 1. The average molecular weight is 275 g/mol. The highest BCUT2D eigenvalue weighted by Crippen LogP contribution is 2.29. The highest BCUT2D eigenvalue weighted by molar-refractivity contribution is 5.53. The lowest BCUT2D eigenvalue weighted by molar-refractivity contribution is 0.494. The monoisotopic (exact) mass is 275 g/mol. The van der Waals surface area contributed by atoms with E-state index >= 15 is 0 Å². The van der Waals surface area contributed by atoms with Gasteiger partial charge in [0.05, 0.1) is 0 Å². The van der Waals surface area contributed by atoms with Gasteiger partial charge >= 0.3 is 0 Å². The first-order chi connectivity index (χ1) is 9.31. The molecule has 0 aliphatic rings. The standard InChI is InChI=1S/C17H29N3/c1-11(2)10-19-20-15(6)7-14(5)16-8-12(3)13(4)9-17(16)18/h8-9,11,14,19-20H,6-7,10,18H2,1-5H3. The average Bonchev–Trinajstić information content (AvgIpc) is 2.33. The van der Waals surface area contributed by atoms with E-state index in [1.54, 1.807) is 0 Å². The van der Waals surface area contributed by atoms with Crippen LogP contribution in [0.1, 0.15) is 49.8 Å². The van der Waals surface area contributed by atoms with E-state index in [1.165, 1.54) is 16.7 Å². The van der Waals surface area contributed by atoms with E-state index in [-0.39, 0.29) is 0 Å². The lowest BCUT2D eigenvalue weighted by Gasteiger charge is -2.19. The van der Waals surface area contributed by atoms with Crippen molar-refractivity contribution in [3.05, 3.63) is 41.1 Å². The first-order valence-electron chi connectivity index (χ1n) is 7.34. The summed E-state index contributed by atoms with van der Waals surface area (Å²) in [5.41, 5.74) is 18.1. The molecule has 0 bridgehead atoms. The van der Waals surface area contributed by atoms with E-state index in [0.29, 0.717) is 11.8 Å². The Morgan fingerprint density at radius 3 is 2.40 bits per heavy atom. The maximum Gasteiger partial charge on any atom is 0.0352 e. The Morgan fingerprint density at radius 1 is 1.20 bits per heavy atom. The number of nitrogen functional groups attached to an aromatic ring is 1. The van der Waals surface area contributed by atoms with Crippen molar-refractivity contribution in [2.75, 3.05) is 12.3 Å². The Balaban J connectivity index is 2.60. The molecule has 0 spiro atoms. The zero-order valence-electron chi connectivity index (χ0n) is 13.5. The molecule has 0 radical (unpaired) electrons. The molecule has 1 atom stereocenters. The van der Waals surface area contributed by atoms with Crippen LogP contribution in [0, 0.1) is 19.8 Å². The molecule has 0 aliphatic carbocycles. The molecule has 112 valence electrons. The van der Waals surface area contributed by atoms with Crippen LogP contribution in [-0.2, 0) is 0 Å². The minimum absolute atomic E-state index is 0.357. The molecule has 0 aromatic heterocycles. The molecule has 4 N–H and O–H groups in total. The van der Waals surface area contributed by atoms with Crippen LogP contribution in [0.25, 0.3) is 0 Å². The van der Waals surface area contributed by atoms with E-state index < -0.39 is 0 Å². The summed E-state index contributed by atoms with van der Waals surface area (Å²) in [5, 5.41) is 0. The number of hydrogen-bond donors (Lipinski definition) is 3. The van der Waals surface area contributed by atoms with Gasteiger partial charge in [0.25, 0.3) is 0 Å². The summed E-state index contributed by atoms with van der Waals surface area (Å²) in [5.74, 6) is 0.971. The van der Waals surface area contributed by atoms with Crippen LogP contribution >= 0.6 is 0 Å². The minimum atomic E-state index is 0.357. The van der Waals surface area contributed by atoms with Crippen molar-refractivity contribution in [1.29, 1.82) is 0 Å². The second-order valence-electron chi connectivity index (χ2n) is 6.17. The van der Waals surface area contributed by atoms with Crippen molar-refractivity contribution in [3.63, 3.8) is 0 Å². The van der Waals surface area contributed by atoms with Gasteiger partial charge in [0.1, 0.15) is 0 Å². The predicted molar refractivity (Wildman–Crippen MR) is 88.5 cm³/mol. The van der Waals surface area contributed by atoms with Gasteiger partial charge in [-0.1, -0.05) is 33.4 Å². The number of aryl methyl sites for hydroxylation is 2. The van der Waals surface area contributed by atoms with Gasteiger partial charge in [0, 0.05) is 17.9 Å². The van der Waals surface area contributed by atoms with Gasteiger partial charge in [-0.3, -0.25) is 0 Å². The third-order valence-electron chi connectivity index (χ3n) is 3.56. The van der Waals surface area contributed by atoms with Gasteiger partial charge in [0.15, 0.2) is 0 Å². The van der Waals surface area contributed by atoms with E-state index in [9.17, 15) is 0 Å². The SMILES string of the molecule is C=C(CC(C)c1cc(C)c(C)cc1N)NNCC(C)C. The Bertz CT molecular complexity index is 464. The summed E-state index contributed by atoms with van der Waals surface area (Å²) in [6.07, 6.45) is 0.873. The fourth-order valence-electron chi connectivity index (χ4n) is 2.20. The van der Waals surface area contributed by atoms with Crippen molar-refractivity contribution in [1.82, 2.24) is 10.9 Å². The van der Waals surface area contributed by atoms with Crippen LogP contribution < -0.4 is 16.6 Å². The number of hydrazine groups is 1. The summed E-state index contributed by atoms with van der Waals surface area (Å²) < 4.78 is 0. The van der Waals surface area contributed by atoms with Crippen molar-refractivity contribution in [2.45, 2.75) is 47.0 Å².